The molecule has 0 aliphatic rings. The zero-order chi connectivity index (χ0) is 12.5. The maximum Gasteiger partial charge on any atom is 0.0998 e. The third-order valence-electron chi connectivity index (χ3n) is 3.14. The fourth-order valence-electron chi connectivity index (χ4n) is 2.26. The molecule has 2 nitrogen and oxygen atoms in total. The normalized spacial score (nSPS) is 10.4. The summed E-state index contributed by atoms with van der Waals surface area (Å²) in [6, 6.07) is 16.2. The number of hydrogen-bond donors (Lipinski definition) is 0. The maximum absolute atomic E-state index is 9.14. The predicted molar refractivity (Wildman–Crippen MR) is 72.7 cm³/mol. The molecule has 86 valence electrons. The maximum atomic E-state index is 9.14. The summed E-state index contributed by atoms with van der Waals surface area (Å²) < 4.78 is 2.10. The Morgan fingerprint density at radius 2 is 1.78 bits per heavy atom. The van der Waals surface area contributed by atoms with E-state index in [0.29, 0.717) is 0 Å². The van der Waals surface area contributed by atoms with Crippen LogP contribution in [0.25, 0.3) is 16.5 Å². The first-order chi connectivity index (χ1) is 8.79. The quantitative estimate of drug-likeness (QED) is 0.627. The SMILES string of the molecule is Cc1ccn(-c2ccc(C#N)c3ccccc23)c1. The first-order valence-corrected chi connectivity index (χ1v) is 5.86. The second-order valence-electron chi connectivity index (χ2n) is 4.39. The molecular weight excluding hydrogens is 220 g/mol. The third kappa shape index (κ3) is 1.57. The second kappa shape index (κ2) is 4.05. The van der Waals surface area contributed by atoms with Crippen LogP contribution in [0.4, 0.5) is 0 Å². The Kier molecular flexibility index (Phi) is 2.39. The molecule has 1 aromatic heterocycles. The molecule has 0 aliphatic heterocycles. The molecule has 18 heavy (non-hydrogen) atoms. The average Bonchev–Trinajstić information content (AvgIpc) is 2.84. The number of benzene rings is 2. The van der Waals surface area contributed by atoms with E-state index in [1.54, 1.807) is 0 Å². The molecule has 0 fully saturated rings. The van der Waals surface area contributed by atoms with E-state index in [-0.39, 0.29) is 0 Å². The van der Waals surface area contributed by atoms with Crippen molar-refractivity contribution in [3.05, 3.63) is 66.0 Å². The molecule has 0 aliphatic carbocycles. The van der Waals surface area contributed by atoms with E-state index in [2.05, 4.69) is 35.9 Å². The van der Waals surface area contributed by atoms with Gasteiger partial charge in [0.2, 0.25) is 0 Å². The lowest BCUT2D eigenvalue weighted by molar-refractivity contribution is 1.09. The Balaban J connectivity index is 2.35. The van der Waals surface area contributed by atoms with Crippen LogP contribution < -0.4 is 0 Å². The lowest BCUT2D eigenvalue weighted by Crippen LogP contribution is -1.92. The van der Waals surface area contributed by atoms with Crippen LogP contribution in [0.1, 0.15) is 11.1 Å². The largest absolute Gasteiger partial charge is 0.323 e. The Morgan fingerprint density at radius 1 is 1.00 bits per heavy atom. The van der Waals surface area contributed by atoms with Gasteiger partial charge in [-0.3, -0.25) is 0 Å². The molecule has 1 heterocycles. The van der Waals surface area contributed by atoms with Crippen LogP contribution in [-0.2, 0) is 0 Å². The van der Waals surface area contributed by atoms with Crippen LogP contribution in [0, 0.1) is 18.3 Å². The van der Waals surface area contributed by atoms with Crippen LogP contribution in [-0.4, -0.2) is 4.57 Å². The highest BCUT2D eigenvalue weighted by Crippen LogP contribution is 2.25. The monoisotopic (exact) mass is 232 g/mol. The van der Waals surface area contributed by atoms with Crippen molar-refractivity contribution in [2.24, 2.45) is 0 Å². The van der Waals surface area contributed by atoms with Gasteiger partial charge in [-0.05, 0) is 30.7 Å². The van der Waals surface area contributed by atoms with Crippen molar-refractivity contribution >= 4 is 10.8 Å². The van der Waals surface area contributed by atoms with Crippen molar-refractivity contribution in [1.29, 1.82) is 5.26 Å². The van der Waals surface area contributed by atoms with E-state index in [9.17, 15) is 0 Å². The molecule has 0 radical (unpaired) electrons. The highest BCUT2D eigenvalue weighted by atomic mass is 14.9. The summed E-state index contributed by atoms with van der Waals surface area (Å²) in [7, 11) is 0. The molecule has 0 unspecified atom stereocenters. The molecule has 0 saturated carbocycles. The van der Waals surface area contributed by atoms with Gasteiger partial charge in [0.25, 0.3) is 0 Å². The molecule has 0 saturated heterocycles. The third-order valence-corrected chi connectivity index (χ3v) is 3.14. The first kappa shape index (κ1) is 10.6. The Bertz CT molecular complexity index is 760. The summed E-state index contributed by atoms with van der Waals surface area (Å²) in [6.45, 7) is 2.07. The fourth-order valence-corrected chi connectivity index (χ4v) is 2.26. The average molecular weight is 232 g/mol. The van der Waals surface area contributed by atoms with Crippen LogP contribution in [0.5, 0.6) is 0 Å². The number of rotatable bonds is 1. The zero-order valence-corrected chi connectivity index (χ0v) is 10.1. The summed E-state index contributed by atoms with van der Waals surface area (Å²) in [5.74, 6) is 0. The van der Waals surface area contributed by atoms with Gasteiger partial charge in [0.1, 0.15) is 0 Å². The van der Waals surface area contributed by atoms with E-state index in [1.165, 1.54) is 5.56 Å². The smallest absolute Gasteiger partial charge is 0.0998 e. The van der Waals surface area contributed by atoms with Crippen molar-refractivity contribution < 1.29 is 0 Å². The molecule has 3 aromatic rings. The molecule has 0 atom stereocenters. The number of aromatic nitrogens is 1. The van der Waals surface area contributed by atoms with E-state index >= 15 is 0 Å². The van der Waals surface area contributed by atoms with E-state index in [0.717, 1.165) is 22.0 Å². The van der Waals surface area contributed by atoms with Crippen molar-refractivity contribution in [2.45, 2.75) is 6.92 Å². The van der Waals surface area contributed by atoms with Crippen LogP contribution >= 0.6 is 0 Å². The van der Waals surface area contributed by atoms with Crippen molar-refractivity contribution in [2.75, 3.05) is 0 Å². The summed E-state index contributed by atoms with van der Waals surface area (Å²) in [6.07, 6.45) is 4.14. The van der Waals surface area contributed by atoms with Crippen molar-refractivity contribution in [3.8, 4) is 11.8 Å². The number of fused-ring (bicyclic) bond motifs is 1. The summed E-state index contributed by atoms with van der Waals surface area (Å²) >= 11 is 0. The molecule has 2 heteroatoms. The summed E-state index contributed by atoms with van der Waals surface area (Å²) in [5, 5.41) is 11.3. The molecule has 0 spiro atoms. The standard InChI is InChI=1S/C16H12N2/c1-12-8-9-18(11-12)16-7-6-13(10-17)14-4-2-3-5-15(14)16/h2-9,11H,1H3. The van der Waals surface area contributed by atoms with Crippen LogP contribution in [0.3, 0.4) is 0 Å². The predicted octanol–water partition coefficient (Wildman–Crippen LogP) is 3.81. The van der Waals surface area contributed by atoms with Crippen LogP contribution in [0.15, 0.2) is 54.9 Å². The van der Waals surface area contributed by atoms with Gasteiger partial charge in [-0.15, -0.1) is 0 Å². The Hall–Kier alpha value is -2.53. The number of hydrogen-bond acceptors (Lipinski definition) is 1. The van der Waals surface area contributed by atoms with E-state index < -0.39 is 0 Å². The molecule has 0 N–H and O–H groups in total. The minimum atomic E-state index is 0.721. The van der Waals surface area contributed by atoms with Gasteiger partial charge in [-0.2, -0.15) is 5.26 Å². The summed E-state index contributed by atoms with van der Waals surface area (Å²) in [4.78, 5) is 0. The Morgan fingerprint density at radius 3 is 2.44 bits per heavy atom. The first-order valence-electron chi connectivity index (χ1n) is 5.86. The number of aryl methyl sites for hydroxylation is 1. The second-order valence-corrected chi connectivity index (χ2v) is 4.39. The Labute approximate surface area is 106 Å². The van der Waals surface area contributed by atoms with Crippen molar-refractivity contribution in [1.82, 2.24) is 4.57 Å². The molecule has 0 bridgehead atoms. The highest BCUT2D eigenvalue weighted by molar-refractivity contribution is 5.94. The zero-order valence-electron chi connectivity index (χ0n) is 10.1. The van der Waals surface area contributed by atoms with Gasteiger partial charge in [-0.1, -0.05) is 24.3 Å². The lowest BCUT2D eigenvalue weighted by Gasteiger charge is -2.08. The van der Waals surface area contributed by atoms with Crippen molar-refractivity contribution in [3.63, 3.8) is 0 Å². The topological polar surface area (TPSA) is 28.7 Å². The van der Waals surface area contributed by atoms with Gasteiger partial charge in [-0.25, -0.2) is 0 Å². The minimum Gasteiger partial charge on any atom is -0.323 e. The van der Waals surface area contributed by atoms with Gasteiger partial charge in [0.05, 0.1) is 17.3 Å². The molecule has 0 amide bonds. The number of nitrogens with zero attached hydrogens (tertiary/aromatic N) is 2. The molecule has 3 rings (SSSR count). The van der Waals surface area contributed by atoms with Gasteiger partial charge >= 0.3 is 0 Å². The molecule has 2 aromatic carbocycles. The summed E-state index contributed by atoms with van der Waals surface area (Å²) in [5.41, 5.74) is 3.05. The van der Waals surface area contributed by atoms with Crippen LogP contribution in [0.2, 0.25) is 0 Å². The van der Waals surface area contributed by atoms with E-state index in [4.69, 9.17) is 5.26 Å². The minimum absolute atomic E-state index is 0.721. The molecular formula is C16H12N2. The van der Waals surface area contributed by atoms with Gasteiger partial charge < -0.3 is 4.57 Å². The van der Waals surface area contributed by atoms with Gasteiger partial charge in [0, 0.05) is 23.2 Å². The highest BCUT2D eigenvalue weighted by Gasteiger charge is 2.06. The lowest BCUT2D eigenvalue weighted by atomic mass is 10.0. The van der Waals surface area contributed by atoms with Gasteiger partial charge in [0.15, 0.2) is 0 Å². The number of nitriles is 1. The fraction of sp³-hybridized carbons (Fsp3) is 0.0625. The van der Waals surface area contributed by atoms with E-state index in [1.807, 2.05) is 36.5 Å².